The minimum Gasteiger partial charge on any atom is -0.495 e. The van der Waals surface area contributed by atoms with Crippen LogP contribution in [0.25, 0.3) is 21.8 Å². The van der Waals surface area contributed by atoms with Gasteiger partial charge in [-0.1, -0.05) is 32.0 Å². The van der Waals surface area contributed by atoms with Gasteiger partial charge in [-0.2, -0.15) is 0 Å². The average Bonchev–Trinajstić information content (AvgIpc) is 3.70. The number of nitrogens with one attached hydrogen (secondary N) is 3. The first-order valence-electron chi connectivity index (χ1n) is 15.3. The van der Waals surface area contributed by atoms with Crippen LogP contribution in [0, 0.1) is 11.6 Å². The summed E-state index contributed by atoms with van der Waals surface area (Å²) in [6.07, 6.45) is 2.32. The molecule has 3 N–H and O–H groups in total. The number of hydrogen-bond donors (Lipinski definition) is 3. The number of ether oxygens (including phenoxy) is 1. The van der Waals surface area contributed by atoms with Gasteiger partial charge in [0.2, 0.25) is 11.9 Å². The third kappa shape index (κ3) is 6.95. The number of carbonyl (C=O) groups is 1. The van der Waals surface area contributed by atoms with Crippen molar-refractivity contribution in [3.63, 3.8) is 0 Å². The second-order valence-electron chi connectivity index (χ2n) is 11.5. The molecule has 0 unspecified atom stereocenters. The van der Waals surface area contributed by atoms with Crippen LogP contribution in [-0.2, 0) is 21.2 Å². The number of amides is 1. The topological polar surface area (TPSA) is 138 Å². The van der Waals surface area contributed by atoms with Crippen LogP contribution in [0.5, 0.6) is 5.75 Å². The molecule has 0 bridgehead atoms. The Morgan fingerprint density at radius 1 is 1.06 bits per heavy atom. The summed E-state index contributed by atoms with van der Waals surface area (Å²) in [5.74, 6) is -1.50. The molecule has 0 saturated carbocycles. The lowest BCUT2D eigenvalue weighted by Gasteiger charge is -2.19. The number of methoxy groups -OCH3 is 1. The number of benzene rings is 3. The van der Waals surface area contributed by atoms with Gasteiger partial charge < -0.3 is 20.3 Å². The molecular formula is C34H33F2N7O4S2. The molecule has 11 nitrogen and oxygen atoms in total. The number of hydrogen-bond acceptors (Lipinski definition) is 10. The molecule has 0 aliphatic carbocycles. The molecule has 49 heavy (non-hydrogen) atoms. The standard InChI is InChI=1S/C34H33F2N7O4S2/c1-19(2)33-41-30(21-7-5-8-22(15-21)42-49(45,46)32-23(35)9-6-10-24(32)36)31(48-33)25-11-13-38-34(39-25)40-26-17-27-20(16-28(26)47-4)12-14-43(27)29(44)18-37-3/h5-11,13,15-17,19,37,42H,12,14,18H2,1-4H3,(H,38,39,40). The van der Waals surface area contributed by atoms with Crippen LogP contribution in [-0.4, -0.2) is 56.5 Å². The summed E-state index contributed by atoms with van der Waals surface area (Å²) in [6, 6.07) is 14.8. The van der Waals surface area contributed by atoms with Crippen LogP contribution in [0.15, 0.2) is 71.8 Å². The molecule has 1 aliphatic heterocycles. The molecule has 0 atom stereocenters. The van der Waals surface area contributed by atoms with E-state index in [0.717, 1.165) is 34.5 Å². The van der Waals surface area contributed by atoms with Gasteiger partial charge in [0.05, 0.1) is 40.6 Å². The maximum Gasteiger partial charge on any atom is 0.267 e. The van der Waals surface area contributed by atoms with E-state index in [1.807, 2.05) is 26.0 Å². The Kier molecular flexibility index (Phi) is 9.59. The van der Waals surface area contributed by atoms with Crippen LogP contribution >= 0.6 is 11.3 Å². The lowest BCUT2D eigenvalue weighted by molar-refractivity contribution is -0.117. The molecule has 1 aliphatic rings. The van der Waals surface area contributed by atoms with Crippen LogP contribution in [0.4, 0.5) is 31.8 Å². The highest BCUT2D eigenvalue weighted by Gasteiger charge is 2.27. The molecule has 3 heterocycles. The molecule has 3 aromatic carbocycles. The normalized spacial score (nSPS) is 12.7. The van der Waals surface area contributed by atoms with Crippen LogP contribution < -0.4 is 25.0 Å². The van der Waals surface area contributed by atoms with E-state index in [9.17, 15) is 22.0 Å². The number of anilines is 4. The molecule has 6 rings (SSSR count). The zero-order valence-electron chi connectivity index (χ0n) is 27.0. The van der Waals surface area contributed by atoms with Crippen molar-refractivity contribution in [2.24, 2.45) is 0 Å². The van der Waals surface area contributed by atoms with E-state index in [-0.39, 0.29) is 30.0 Å². The highest BCUT2D eigenvalue weighted by molar-refractivity contribution is 7.92. The Morgan fingerprint density at radius 2 is 1.82 bits per heavy atom. The molecule has 0 saturated heterocycles. The quantitative estimate of drug-likeness (QED) is 0.144. The van der Waals surface area contributed by atoms with E-state index < -0.39 is 26.6 Å². The number of fused-ring (bicyclic) bond motifs is 1. The lowest BCUT2D eigenvalue weighted by atomic mass is 10.1. The van der Waals surface area contributed by atoms with Gasteiger partial charge in [-0.3, -0.25) is 9.52 Å². The highest BCUT2D eigenvalue weighted by atomic mass is 32.2. The zero-order chi connectivity index (χ0) is 34.9. The summed E-state index contributed by atoms with van der Waals surface area (Å²) in [4.78, 5) is 28.2. The van der Waals surface area contributed by atoms with Crippen molar-refractivity contribution in [3.05, 3.63) is 89.1 Å². The van der Waals surface area contributed by atoms with Gasteiger partial charge in [0.1, 0.15) is 17.4 Å². The summed E-state index contributed by atoms with van der Waals surface area (Å²) in [7, 11) is -1.28. The summed E-state index contributed by atoms with van der Waals surface area (Å²) in [6.45, 7) is 4.81. The van der Waals surface area contributed by atoms with Crippen LogP contribution in [0.3, 0.4) is 0 Å². The third-order valence-corrected chi connectivity index (χ3v) is 10.6. The second-order valence-corrected chi connectivity index (χ2v) is 14.2. The number of aromatic nitrogens is 3. The molecule has 254 valence electrons. The predicted octanol–water partition coefficient (Wildman–Crippen LogP) is 6.33. The van der Waals surface area contributed by atoms with Gasteiger partial charge in [0.15, 0.2) is 4.90 Å². The fourth-order valence-electron chi connectivity index (χ4n) is 5.48. The summed E-state index contributed by atoms with van der Waals surface area (Å²) in [5, 5.41) is 6.98. The van der Waals surface area contributed by atoms with Gasteiger partial charge in [-0.15, -0.1) is 11.3 Å². The van der Waals surface area contributed by atoms with Crippen molar-refractivity contribution in [1.82, 2.24) is 20.3 Å². The predicted molar refractivity (Wildman–Crippen MR) is 186 cm³/mol. The number of rotatable bonds is 11. The summed E-state index contributed by atoms with van der Waals surface area (Å²) >= 11 is 1.44. The van der Waals surface area contributed by atoms with Crippen molar-refractivity contribution in [3.8, 4) is 27.6 Å². The van der Waals surface area contributed by atoms with E-state index >= 15 is 0 Å². The van der Waals surface area contributed by atoms with Gasteiger partial charge >= 0.3 is 0 Å². The highest BCUT2D eigenvalue weighted by Crippen LogP contribution is 2.41. The first-order valence-corrected chi connectivity index (χ1v) is 17.6. The van der Waals surface area contributed by atoms with E-state index in [4.69, 9.17) is 14.7 Å². The fraction of sp³-hybridized carbons (Fsp3) is 0.235. The number of likely N-dealkylation sites (N-methyl/N-ethyl adjacent to an activating group) is 1. The van der Waals surface area contributed by atoms with Crippen molar-refractivity contribution < 1.29 is 26.7 Å². The Bertz CT molecular complexity index is 2140. The van der Waals surface area contributed by atoms with E-state index in [1.54, 1.807) is 49.5 Å². The average molecular weight is 706 g/mol. The largest absolute Gasteiger partial charge is 0.495 e. The van der Waals surface area contributed by atoms with Gasteiger partial charge in [-0.05, 0) is 61.5 Å². The number of carbonyl (C=O) groups excluding carboxylic acids is 1. The molecule has 1 amide bonds. The first-order chi connectivity index (χ1) is 23.5. The minimum absolute atomic E-state index is 0.0365. The number of halogens is 2. The molecule has 0 radical (unpaired) electrons. The molecule has 0 spiro atoms. The number of sulfonamides is 1. The Morgan fingerprint density at radius 3 is 2.53 bits per heavy atom. The van der Waals surface area contributed by atoms with E-state index in [1.165, 1.54) is 17.4 Å². The molecular weight excluding hydrogens is 673 g/mol. The Hall–Kier alpha value is -4.99. The van der Waals surface area contributed by atoms with E-state index in [0.29, 0.717) is 46.2 Å². The third-order valence-electron chi connectivity index (χ3n) is 7.77. The maximum absolute atomic E-state index is 14.4. The van der Waals surface area contributed by atoms with Crippen molar-refractivity contribution in [2.45, 2.75) is 31.1 Å². The second kappa shape index (κ2) is 13.9. The molecule has 15 heteroatoms. The monoisotopic (exact) mass is 705 g/mol. The summed E-state index contributed by atoms with van der Waals surface area (Å²) < 4.78 is 62.6. The van der Waals surface area contributed by atoms with Crippen LogP contribution in [0.1, 0.15) is 30.3 Å². The number of nitrogens with zero attached hydrogens (tertiary/aromatic N) is 4. The SMILES string of the molecule is CNCC(=O)N1CCc2cc(OC)c(Nc3nccc(-c4sc(C(C)C)nc4-c4cccc(NS(=O)(=O)c5c(F)cccc5F)c4)n3)cc21. The van der Waals surface area contributed by atoms with Crippen LogP contribution in [0.2, 0.25) is 0 Å². The summed E-state index contributed by atoms with van der Waals surface area (Å²) in [5.41, 5.74) is 4.14. The minimum atomic E-state index is -4.58. The van der Waals surface area contributed by atoms with Gasteiger partial charge in [-0.25, -0.2) is 32.2 Å². The molecule has 2 aromatic heterocycles. The molecule has 5 aromatic rings. The van der Waals surface area contributed by atoms with Gasteiger partial charge in [0.25, 0.3) is 10.0 Å². The Labute approximate surface area is 286 Å². The van der Waals surface area contributed by atoms with Crippen molar-refractivity contribution >= 4 is 50.3 Å². The molecule has 0 fully saturated rings. The lowest BCUT2D eigenvalue weighted by Crippen LogP contribution is -2.35. The van der Waals surface area contributed by atoms with E-state index in [2.05, 4.69) is 20.3 Å². The van der Waals surface area contributed by atoms with Crippen molar-refractivity contribution in [2.75, 3.05) is 42.2 Å². The number of thiazole rings is 1. The smallest absolute Gasteiger partial charge is 0.267 e. The fourth-order valence-corrected chi connectivity index (χ4v) is 7.73. The first kappa shape index (κ1) is 33.9. The van der Waals surface area contributed by atoms with Crippen molar-refractivity contribution in [1.29, 1.82) is 0 Å². The Balaban J connectivity index is 1.34. The van der Waals surface area contributed by atoms with Gasteiger partial charge in [0, 0.05) is 35.6 Å². The maximum atomic E-state index is 14.4. The zero-order valence-corrected chi connectivity index (χ0v) is 28.7.